The number of methoxy groups -OCH3 is 1. The molecule has 2 heterocycles. The van der Waals surface area contributed by atoms with E-state index in [4.69, 9.17) is 16.1 Å². The second-order valence-electron chi connectivity index (χ2n) is 4.95. The van der Waals surface area contributed by atoms with Crippen molar-refractivity contribution in [3.63, 3.8) is 0 Å². The van der Waals surface area contributed by atoms with Gasteiger partial charge in [0.1, 0.15) is 0 Å². The average molecular weight is 414 g/mol. The minimum atomic E-state index is -3.93. The quantitative estimate of drug-likeness (QED) is 0.618. The van der Waals surface area contributed by atoms with Crippen molar-refractivity contribution in [2.24, 2.45) is 0 Å². The minimum absolute atomic E-state index is 0.0465. The summed E-state index contributed by atoms with van der Waals surface area (Å²) in [6.45, 7) is -0.198. The van der Waals surface area contributed by atoms with Gasteiger partial charge in [0.25, 0.3) is 0 Å². The summed E-state index contributed by atoms with van der Waals surface area (Å²) in [5, 5.41) is 5.76. The van der Waals surface area contributed by atoms with Crippen LogP contribution in [0.25, 0.3) is 10.7 Å². The van der Waals surface area contributed by atoms with Gasteiger partial charge < -0.3 is 9.26 Å². The Balaban J connectivity index is 1.76. The van der Waals surface area contributed by atoms with Gasteiger partial charge in [-0.1, -0.05) is 22.8 Å². The van der Waals surface area contributed by atoms with Crippen LogP contribution in [-0.2, 0) is 21.3 Å². The molecule has 0 bridgehead atoms. The van der Waals surface area contributed by atoms with Gasteiger partial charge in [-0.15, -0.1) is 11.3 Å². The summed E-state index contributed by atoms with van der Waals surface area (Å²) in [6.07, 6.45) is 0. The molecular weight excluding hydrogens is 402 g/mol. The third-order valence-electron chi connectivity index (χ3n) is 3.28. The molecule has 1 N–H and O–H groups in total. The van der Waals surface area contributed by atoms with E-state index in [1.807, 2.05) is 17.5 Å². The molecule has 136 valence electrons. The lowest BCUT2D eigenvalue weighted by Crippen LogP contribution is -2.23. The molecule has 0 amide bonds. The Kier molecular flexibility index (Phi) is 5.37. The summed E-state index contributed by atoms with van der Waals surface area (Å²) in [4.78, 5) is 16.5. The number of nitrogens with zero attached hydrogens (tertiary/aromatic N) is 2. The Morgan fingerprint density at radius 2 is 2.19 bits per heavy atom. The number of ether oxygens (including phenoxy) is 1. The van der Waals surface area contributed by atoms with Crippen LogP contribution in [0.2, 0.25) is 5.02 Å². The first-order valence-corrected chi connectivity index (χ1v) is 9.89. The third-order valence-corrected chi connectivity index (χ3v) is 5.87. The highest BCUT2D eigenvalue weighted by Gasteiger charge is 2.20. The number of sulfonamides is 1. The van der Waals surface area contributed by atoms with Crippen LogP contribution >= 0.6 is 22.9 Å². The molecule has 11 heteroatoms. The van der Waals surface area contributed by atoms with Crippen molar-refractivity contribution in [1.82, 2.24) is 14.9 Å². The van der Waals surface area contributed by atoms with Gasteiger partial charge in [-0.25, -0.2) is 17.9 Å². The summed E-state index contributed by atoms with van der Waals surface area (Å²) >= 11 is 7.33. The Morgan fingerprint density at radius 3 is 2.88 bits per heavy atom. The summed E-state index contributed by atoms with van der Waals surface area (Å²) in [5.74, 6) is -0.239. The van der Waals surface area contributed by atoms with E-state index in [2.05, 4.69) is 19.6 Å². The van der Waals surface area contributed by atoms with E-state index >= 15 is 0 Å². The highest BCUT2D eigenvalue weighted by atomic mass is 35.5. The van der Waals surface area contributed by atoms with Crippen LogP contribution in [0.15, 0.2) is 45.1 Å². The number of hydrogen-bond donors (Lipinski definition) is 1. The fourth-order valence-electron chi connectivity index (χ4n) is 2.01. The van der Waals surface area contributed by atoms with Gasteiger partial charge in [-0.2, -0.15) is 4.98 Å². The maximum Gasteiger partial charge on any atom is 0.339 e. The lowest BCUT2D eigenvalue weighted by Gasteiger charge is -2.07. The van der Waals surface area contributed by atoms with Gasteiger partial charge in [0.2, 0.25) is 21.7 Å². The zero-order valence-corrected chi connectivity index (χ0v) is 15.7. The molecule has 1 aromatic carbocycles. The molecule has 0 radical (unpaired) electrons. The molecular formula is C15H12ClN3O5S2. The minimum Gasteiger partial charge on any atom is -0.465 e. The molecule has 0 atom stereocenters. The Morgan fingerprint density at radius 1 is 1.38 bits per heavy atom. The largest absolute Gasteiger partial charge is 0.465 e. The fraction of sp³-hybridized carbons (Fsp3) is 0.133. The first kappa shape index (κ1) is 18.5. The summed E-state index contributed by atoms with van der Waals surface area (Å²) < 4.78 is 36.8. The molecule has 26 heavy (non-hydrogen) atoms. The maximum atomic E-state index is 12.4. The van der Waals surface area contributed by atoms with Crippen molar-refractivity contribution >= 4 is 38.9 Å². The molecule has 3 aromatic rings. The highest BCUT2D eigenvalue weighted by molar-refractivity contribution is 7.89. The van der Waals surface area contributed by atoms with Crippen LogP contribution in [0.1, 0.15) is 16.2 Å². The second kappa shape index (κ2) is 7.54. The normalized spacial score (nSPS) is 11.5. The molecule has 0 aliphatic rings. The molecule has 8 nitrogen and oxygen atoms in total. The van der Waals surface area contributed by atoms with E-state index < -0.39 is 16.0 Å². The number of carbonyl (C=O) groups is 1. The second-order valence-corrected chi connectivity index (χ2v) is 8.07. The zero-order valence-electron chi connectivity index (χ0n) is 13.3. The van der Waals surface area contributed by atoms with Crippen LogP contribution < -0.4 is 4.72 Å². The van der Waals surface area contributed by atoms with Crippen molar-refractivity contribution in [3.8, 4) is 10.7 Å². The SMILES string of the molecule is COC(=O)c1cc(S(=O)(=O)NCc2nc(-c3cccs3)no2)ccc1Cl. The van der Waals surface area contributed by atoms with Gasteiger partial charge in [-0.05, 0) is 29.6 Å². The number of halogens is 1. The molecule has 2 aromatic heterocycles. The zero-order chi connectivity index (χ0) is 18.7. The molecule has 0 aliphatic carbocycles. The van der Waals surface area contributed by atoms with Crippen LogP contribution in [0.3, 0.4) is 0 Å². The maximum absolute atomic E-state index is 12.4. The predicted octanol–water partition coefficient (Wildman–Crippen LogP) is 2.72. The fourth-order valence-corrected chi connectivity index (χ4v) is 3.85. The number of nitrogens with one attached hydrogen (secondary N) is 1. The summed E-state index contributed by atoms with van der Waals surface area (Å²) in [5.41, 5.74) is -0.0465. The van der Waals surface area contributed by atoms with Crippen molar-refractivity contribution in [2.75, 3.05) is 7.11 Å². The highest BCUT2D eigenvalue weighted by Crippen LogP contribution is 2.23. The van der Waals surface area contributed by atoms with Crippen molar-refractivity contribution in [2.45, 2.75) is 11.4 Å². The van der Waals surface area contributed by atoms with Crippen LogP contribution in [0.4, 0.5) is 0 Å². The first-order chi connectivity index (χ1) is 12.4. The lowest BCUT2D eigenvalue weighted by molar-refractivity contribution is 0.0600. The van der Waals surface area contributed by atoms with Gasteiger partial charge in [0.15, 0.2) is 0 Å². The molecule has 3 rings (SSSR count). The van der Waals surface area contributed by atoms with E-state index in [-0.39, 0.29) is 27.9 Å². The van der Waals surface area contributed by atoms with E-state index in [1.165, 1.54) is 30.6 Å². The topological polar surface area (TPSA) is 111 Å². The predicted molar refractivity (Wildman–Crippen MR) is 94.4 cm³/mol. The number of hydrogen-bond acceptors (Lipinski definition) is 8. The molecule has 0 unspecified atom stereocenters. The number of thiophene rings is 1. The summed E-state index contributed by atoms with van der Waals surface area (Å²) in [6, 6.07) is 7.40. The monoisotopic (exact) mass is 413 g/mol. The van der Waals surface area contributed by atoms with Gasteiger partial charge in [0.05, 0.1) is 34.0 Å². The standard InChI is InChI=1S/C15H12ClN3O5S2/c1-23-15(20)10-7-9(4-5-11(10)16)26(21,22)17-8-13-18-14(19-24-13)12-3-2-6-25-12/h2-7,17H,8H2,1H3. The Bertz CT molecular complexity index is 1030. The van der Waals surface area contributed by atoms with Crippen molar-refractivity contribution in [3.05, 3.63) is 52.2 Å². The number of carbonyl (C=O) groups excluding carboxylic acids is 1. The third kappa shape index (κ3) is 3.93. The van der Waals surface area contributed by atoms with E-state index in [0.29, 0.717) is 5.82 Å². The molecule has 0 saturated carbocycles. The Labute approximate surface area is 157 Å². The summed E-state index contributed by atoms with van der Waals surface area (Å²) in [7, 11) is -2.75. The molecule has 0 fully saturated rings. The number of aromatic nitrogens is 2. The molecule has 0 spiro atoms. The first-order valence-electron chi connectivity index (χ1n) is 7.14. The molecule has 0 saturated heterocycles. The van der Waals surface area contributed by atoms with E-state index in [9.17, 15) is 13.2 Å². The number of benzene rings is 1. The van der Waals surface area contributed by atoms with Gasteiger partial charge >= 0.3 is 5.97 Å². The van der Waals surface area contributed by atoms with Gasteiger partial charge in [-0.3, -0.25) is 0 Å². The van der Waals surface area contributed by atoms with Crippen LogP contribution in [-0.4, -0.2) is 31.6 Å². The smallest absolute Gasteiger partial charge is 0.339 e. The number of rotatable bonds is 6. The Hall–Kier alpha value is -2.27. The van der Waals surface area contributed by atoms with E-state index in [0.717, 1.165) is 10.9 Å². The lowest BCUT2D eigenvalue weighted by atomic mass is 10.2. The van der Waals surface area contributed by atoms with Crippen LogP contribution in [0, 0.1) is 0 Å². The van der Waals surface area contributed by atoms with Crippen LogP contribution in [0.5, 0.6) is 0 Å². The van der Waals surface area contributed by atoms with Crippen molar-refractivity contribution < 1.29 is 22.5 Å². The molecule has 0 aliphatic heterocycles. The number of esters is 1. The van der Waals surface area contributed by atoms with Crippen molar-refractivity contribution in [1.29, 1.82) is 0 Å². The van der Waals surface area contributed by atoms with Gasteiger partial charge in [0, 0.05) is 0 Å². The average Bonchev–Trinajstić information content (AvgIpc) is 3.31. The van der Waals surface area contributed by atoms with E-state index in [1.54, 1.807) is 0 Å².